The number of anilines is 1. The van der Waals surface area contributed by atoms with Crippen molar-refractivity contribution in [3.63, 3.8) is 0 Å². The molecule has 1 aliphatic carbocycles. The number of hydrogen-bond acceptors (Lipinski definition) is 2. The van der Waals surface area contributed by atoms with Gasteiger partial charge in [0.2, 0.25) is 0 Å². The van der Waals surface area contributed by atoms with Gasteiger partial charge in [-0.25, -0.2) is 0 Å². The van der Waals surface area contributed by atoms with Gasteiger partial charge in [0.15, 0.2) is 0 Å². The molecule has 0 bridgehead atoms. The van der Waals surface area contributed by atoms with Gasteiger partial charge in [-0.15, -0.1) is 6.58 Å². The van der Waals surface area contributed by atoms with E-state index in [1.165, 1.54) is 11.1 Å². The largest absolute Gasteiger partial charge is 0.377 e. The minimum absolute atomic E-state index is 0.239. The van der Waals surface area contributed by atoms with Crippen LogP contribution in [0.1, 0.15) is 45.2 Å². The molecular formula is C24H30N2. The Morgan fingerprint density at radius 1 is 1.12 bits per heavy atom. The highest BCUT2D eigenvalue weighted by molar-refractivity contribution is 5.69. The number of nitrogens with zero attached hydrogens (tertiary/aromatic N) is 1. The molecule has 0 radical (unpaired) electrons. The van der Waals surface area contributed by atoms with Gasteiger partial charge in [0.05, 0.1) is 11.4 Å². The van der Waals surface area contributed by atoms with Crippen LogP contribution in [0.2, 0.25) is 0 Å². The van der Waals surface area contributed by atoms with Crippen molar-refractivity contribution in [1.82, 2.24) is 0 Å². The number of nitrogens with one attached hydrogen (secondary N) is 1. The fourth-order valence-electron chi connectivity index (χ4n) is 3.31. The first-order chi connectivity index (χ1) is 12.4. The first-order valence-electron chi connectivity index (χ1n) is 9.19. The Morgan fingerprint density at radius 3 is 2.38 bits per heavy atom. The summed E-state index contributed by atoms with van der Waals surface area (Å²) in [6.07, 6.45) is 5.34. The topological polar surface area (TPSA) is 24.4 Å². The van der Waals surface area contributed by atoms with Crippen molar-refractivity contribution in [2.45, 2.75) is 45.6 Å². The first-order valence-corrected chi connectivity index (χ1v) is 9.19. The molecule has 0 amide bonds. The molecule has 1 unspecified atom stereocenters. The average Bonchev–Trinajstić information content (AvgIpc) is 2.93. The van der Waals surface area contributed by atoms with E-state index in [1.807, 2.05) is 37.3 Å². The molecule has 3 rings (SSSR count). The second-order valence-corrected chi connectivity index (χ2v) is 7.08. The summed E-state index contributed by atoms with van der Waals surface area (Å²) in [5, 5.41) is 3.26. The average molecular weight is 347 g/mol. The zero-order valence-electron chi connectivity index (χ0n) is 16.4. The van der Waals surface area contributed by atoms with E-state index < -0.39 is 0 Å². The van der Waals surface area contributed by atoms with Crippen LogP contribution in [0.25, 0.3) is 6.08 Å². The standard InChI is InChI=1S/C13H16.C11H14N2/c1-4-11-9-10-7-5-6-8-12(10)13(11,2)3;1-4-9(2)13-11-8-6-5-7-10(11)12-3/h5-9H,4H2,1-3H3;4-9,13H,1,3H2,2H3. The smallest absolute Gasteiger partial charge is 0.0853 e. The van der Waals surface area contributed by atoms with E-state index in [0.717, 1.165) is 17.8 Å². The van der Waals surface area contributed by atoms with Crippen LogP contribution in [-0.4, -0.2) is 12.8 Å². The Bertz CT molecular complexity index is 799. The van der Waals surface area contributed by atoms with Crippen molar-refractivity contribution in [2.75, 3.05) is 5.32 Å². The van der Waals surface area contributed by atoms with Crippen LogP contribution in [0.5, 0.6) is 0 Å². The van der Waals surface area contributed by atoms with E-state index in [9.17, 15) is 0 Å². The molecule has 26 heavy (non-hydrogen) atoms. The quantitative estimate of drug-likeness (QED) is 0.468. The summed E-state index contributed by atoms with van der Waals surface area (Å²) in [5.41, 5.74) is 6.55. The molecule has 0 saturated heterocycles. The number of benzene rings is 2. The predicted octanol–water partition coefficient (Wildman–Crippen LogP) is 6.78. The van der Waals surface area contributed by atoms with Gasteiger partial charge < -0.3 is 5.32 Å². The maximum Gasteiger partial charge on any atom is 0.0853 e. The highest BCUT2D eigenvalue weighted by Gasteiger charge is 2.30. The Hall–Kier alpha value is -2.61. The number of para-hydroxylation sites is 2. The summed E-state index contributed by atoms with van der Waals surface area (Å²) >= 11 is 0. The Balaban J connectivity index is 0.000000187. The van der Waals surface area contributed by atoms with Gasteiger partial charge in [-0.3, -0.25) is 4.99 Å². The fourth-order valence-corrected chi connectivity index (χ4v) is 3.31. The molecule has 0 aromatic heterocycles. The fraction of sp³-hybridized carbons (Fsp3) is 0.292. The lowest BCUT2D eigenvalue weighted by atomic mass is 9.80. The summed E-state index contributed by atoms with van der Waals surface area (Å²) in [4.78, 5) is 3.91. The van der Waals surface area contributed by atoms with Crippen LogP contribution >= 0.6 is 0 Å². The molecule has 0 spiro atoms. The van der Waals surface area contributed by atoms with Crippen molar-refractivity contribution in [2.24, 2.45) is 4.99 Å². The van der Waals surface area contributed by atoms with Crippen LogP contribution in [-0.2, 0) is 5.41 Å². The third kappa shape index (κ3) is 4.32. The predicted molar refractivity (Wildman–Crippen MR) is 117 cm³/mol. The number of allylic oxidation sites excluding steroid dienone is 1. The number of fused-ring (bicyclic) bond motifs is 1. The maximum atomic E-state index is 3.91. The maximum absolute atomic E-state index is 3.91. The normalized spacial score (nSPS) is 15.0. The Labute approximate surface area is 158 Å². The van der Waals surface area contributed by atoms with E-state index in [0.29, 0.717) is 0 Å². The van der Waals surface area contributed by atoms with Gasteiger partial charge in [0, 0.05) is 11.5 Å². The first kappa shape index (κ1) is 19.7. The van der Waals surface area contributed by atoms with Crippen LogP contribution in [0.4, 0.5) is 11.4 Å². The Morgan fingerprint density at radius 2 is 1.77 bits per heavy atom. The minimum Gasteiger partial charge on any atom is -0.377 e. The summed E-state index contributed by atoms with van der Waals surface area (Å²) in [6, 6.07) is 16.7. The van der Waals surface area contributed by atoms with Gasteiger partial charge >= 0.3 is 0 Å². The van der Waals surface area contributed by atoms with Crippen molar-refractivity contribution < 1.29 is 0 Å². The van der Waals surface area contributed by atoms with Crippen molar-refractivity contribution in [3.05, 3.63) is 77.9 Å². The second kappa shape index (κ2) is 8.66. The molecule has 2 heteroatoms. The molecule has 0 fully saturated rings. The van der Waals surface area contributed by atoms with E-state index in [4.69, 9.17) is 0 Å². The van der Waals surface area contributed by atoms with E-state index in [1.54, 1.807) is 5.57 Å². The molecule has 1 atom stereocenters. The summed E-state index contributed by atoms with van der Waals surface area (Å²) in [6.45, 7) is 16.1. The van der Waals surface area contributed by atoms with Crippen molar-refractivity contribution >= 4 is 24.2 Å². The van der Waals surface area contributed by atoms with Crippen LogP contribution in [0, 0.1) is 0 Å². The van der Waals surface area contributed by atoms with E-state index >= 15 is 0 Å². The van der Waals surface area contributed by atoms with Gasteiger partial charge in [0.1, 0.15) is 0 Å². The summed E-state index contributed by atoms with van der Waals surface area (Å²) in [5.74, 6) is 0. The van der Waals surface area contributed by atoms with Crippen LogP contribution in [0.3, 0.4) is 0 Å². The SMILES string of the molecule is C=CC(C)Nc1ccccc1N=C.CCC1=Cc2ccccc2C1(C)C. The zero-order chi connectivity index (χ0) is 19.2. The monoisotopic (exact) mass is 346 g/mol. The molecule has 0 aliphatic heterocycles. The van der Waals surface area contributed by atoms with Crippen molar-refractivity contribution in [3.8, 4) is 0 Å². The Kier molecular flexibility index (Phi) is 6.57. The van der Waals surface area contributed by atoms with E-state index in [-0.39, 0.29) is 11.5 Å². The molecule has 0 heterocycles. The van der Waals surface area contributed by atoms with Crippen molar-refractivity contribution in [1.29, 1.82) is 0 Å². The lowest BCUT2D eigenvalue weighted by Gasteiger charge is -2.23. The third-order valence-corrected chi connectivity index (χ3v) is 4.96. The number of aliphatic imine (C=N–C) groups is 1. The molecule has 1 N–H and O–H groups in total. The minimum atomic E-state index is 0.239. The summed E-state index contributed by atoms with van der Waals surface area (Å²) in [7, 11) is 0. The zero-order valence-corrected chi connectivity index (χ0v) is 16.4. The second-order valence-electron chi connectivity index (χ2n) is 7.08. The number of rotatable bonds is 5. The lowest BCUT2D eigenvalue weighted by Crippen LogP contribution is -2.16. The van der Waals surface area contributed by atoms with Gasteiger partial charge in [-0.1, -0.05) is 74.9 Å². The summed E-state index contributed by atoms with van der Waals surface area (Å²) < 4.78 is 0. The molecule has 136 valence electrons. The van der Waals surface area contributed by atoms with Crippen LogP contribution in [0.15, 0.2) is 71.8 Å². The van der Waals surface area contributed by atoms with E-state index in [2.05, 4.69) is 74.7 Å². The highest BCUT2D eigenvalue weighted by Crippen LogP contribution is 2.42. The highest BCUT2D eigenvalue weighted by atomic mass is 14.9. The molecule has 2 nitrogen and oxygen atoms in total. The third-order valence-electron chi connectivity index (χ3n) is 4.96. The van der Waals surface area contributed by atoms with Gasteiger partial charge in [-0.2, -0.15) is 0 Å². The molecule has 0 saturated carbocycles. The lowest BCUT2D eigenvalue weighted by molar-refractivity contribution is 0.618. The molecule has 1 aliphatic rings. The van der Waals surface area contributed by atoms with Gasteiger partial charge in [0.25, 0.3) is 0 Å². The molecule has 2 aromatic rings. The van der Waals surface area contributed by atoms with Crippen LogP contribution < -0.4 is 5.32 Å². The number of hydrogen-bond donors (Lipinski definition) is 1. The van der Waals surface area contributed by atoms with Gasteiger partial charge in [-0.05, 0) is 43.3 Å². The molecular weight excluding hydrogens is 316 g/mol. The molecule has 2 aromatic carbocycles.